The number of para-hydroxylation sites is 1. The van der Waals surface area contributed by atoms with Crippen LogP contribution < -0.4 is 0 Å². The van der Waals surface area contributed by atoms with Gasteiger partial charge in [-0.05, 0) is 12.1 Å². The van der Waals surface area contributed by atoms with Gasteiger partial charge in [-0.2, -0.15) is 0 Å². The van der Waals surface area contributed by atoms with Gasteiger partial charge in [0.05, 0.1) is 0 Å². The van der Waals surface area contributed by atoms with Gasteiger partial charge in [-0.15, -0.1) is 0 Å². The first kappa shape index (κ1) is 7.94. The molecule has 0 bridgehead atoms. The first-order chi connectivity index (χ1) is 3.39. The number of aromatic hydroxyl groups is 1. The summed E-state index contributed by atoms with van der Waals surface area (Å²) in [5.74, 6) is 0.322. The van der Waals surface area contributed by atoms with E-state index in [1.54, 1.807) is 24.3 Å². The van der Waals surface area contributed by atoms with E-state index in [1.807, 2.05) is 6.07 Å². The van der Waals surface area contributed by atoms with E-state index in [0.29, 0.717) is 5.75 Å². The fourth-order valence-electron chi connectivity index (χ4n) is 0.428. The van der Waals surface area contributed by atoms with Gasteiger partial charge in [0, 0.05) is 0 Å². The van der Waals surface area contributed by atoms with Gasteiger partial charge in [0.1, 0.15) is 5.75 Å². The first-order valence-corrected chi connectivity index (χ1v) is 2.13. The monoisotopic (exact) mass is 304 g/mol. The molecular formula is C6H8OPb. The molecule has 0 saturated carbocycles. The van der Waals surface area contributed by atoms with Crippen molar-refractivity contribution < 1.29 is 5.11 Å². The van der Waals surface area contributed by atoms with Crippen LogP contribution in [0.5, 0.6) is 5.75 Å². The topological polar surface area (TPSA) is 20.2 Å². The van der Waals surface area contributed by atoms with Gasteiger partial charge in [0.2, 0.25) is 0 Å². The predicted octanol–water partition coefficient (Wildman–Crippen LogP) is 0.476. The summed E-state index contributed by atoms with van der Waals surface area (Å²) in [6.45, 7) is 0. The van der Waals surface area contributed by atoms with Crippen molar-refractivity contribution in [2.45, 2.75) is 0 Å². The number of benzene rings is 1. The Hall–Kier alpha value is -0.0579. The SMILES string of the molecule is Oc1ccccc1.[PbH2]. The molecule has 0 fully saturated rings. The number of phenolic OH excluding ortho intramolecular Hbond substituents is 1. The fraction of sp³-hybridized carbons (Fsp3) is 0. The summed E-state index contributed by atoms with van der Waals surface area (Å²) >= 11 is 0. The Morgan fingerprint density at radius 1 is 1.00 bits per heavy atom. The molecule has 1 N–H and O–H groups in total. The third kappa shape index (κ3) is 2.30. The predicted molar refractivity (Wildman–Crippen MR) is 36.7 cm³/mol. The van der Waals surface area contributed by atoms with Crippen LogP contribution in [-0.4, -0.2) is 32.4 Å². The second kappa shape index (κ2) is 3.89. The molecule has 0 unspecified atom stereocenters. The molecule has 0 atom stereocenters. The molecule has 0 aliphatic carbocycles. The summed E-state index contributed by atoms with van der Waals surface area (Å²) in [4.78, 5) is 0. The second-order valence-electron chi connectivity index (χ2n) is 1.34. The number of rotatable bonds is 0. The van der Waals surface area contributed by atoms with Crippen molar-refractivity contribution in [2.75, 3.05) is 0 Å². The van der Waals surface area contributed by atoms with Crippen LogP contribution in [0.2, 0.25) is 0 Å². The third-order valence-electron chi connectivity index (χ3n) is 0.756. The first-order valence-electron chi connectivity index (χ1n) is 2.13. The molecule has 1 aromatic rings. The van der Waals surface area contributed by atoms with Crippen LogP contribution >= 0.6 is 0 Å². The van der Waals surface area contributed by atoms with Crippen molar-refractivity contribution >= 4 is 27.3 Å². The van der Waals surface area contributed by atoms with Crippen molar-refractivity contribution in [3.8, 4) is 5.75 Å². The Morgan fingerprint density at radius 3 is 1.75 bits per heavy atom. The van der Waals surface area contributed by atoms with Crippen LogP contribution in [0.25, 0.3) is 0 Å². The van der Waals surface area contributed by atoms with Crippen LogP contribution in [0.3, 0.4) is 0 Å². The zero-order valence-corrected chi connectivity index (χ0v) is 10.0. The van der Waals surface area contributed by atoms with Crippen LogP contribution in [0.4, 0.5) is 0 Å². The van der Waals surface area contributed by atoms with Crippen LogP contribution in [0.15, 0.2) is 30.3 Å². The standard InChI is InChI=1S/C6H6O.Pb.2H/c7-6-4-2-1-3-5-6;;;/h1-5,7H;;;. The van der Waals surface area contributed by atoms with Crippen molar-refractivity contribution in [1.29, 1.82) is 0 Å². The average Bonchev–Trinajstić information content (AvgIpc) is 1.69. The Bertz CT molecular complexity index is 138. The summed E-state index contributed by atoms with van der Waals surface area (Å²) in [5, 5.41) is 8.63. The van der Waals surface area contributed by atoms with Crippen molar-refractivity contribution in [1.82, 2.24) is 0 Å². The maximum absolute atomic E-state index is 8.63. The van der Waals surface area contributed by atoms with Gasteiger partial charge in [-0.3, -0.25) is 0 Å². The maximum atomic E-state index is 8.63. The number of phenols is 1. The minimum atomic E-state index is 0. The van der Waals surface area contributed by atoms with E-state index in [0.717, 1.165) is 0 Å². The Morgan fingerprint density at radius 2 is 1.50 bits per heavy atom. The summed E-state index contributed by atoms with van der Waals surface area (Å²) in [6, 6.07) is 8.71. The minimum absolute atomic E-state index is 0. The zero-order chi connectivity index (χ0) is 5.11. The Balaban J connectivity index is 0.000000490. The summed E-state index contributed by atoms with van der Waals surface area (Å²) < 4.78 is 0. The summed E-state index contributed by atoms with van der Waals surface area (Å²) in [6.07, 6.45) is 0. The van der Waals surface area contributed by atoms with E-state index >= 15 is 0 Å². The molecule has 0 saturated heterocycles. The molecule has 1 nitrogen and oxygen atoms in total. The second-order valence-corrected chi connectivity index (χ2v) is 1.34. The third-order valence-corrected chi connectivity index (χ3v) is 0.756. The van der Waals surface area contributed by atoms with Gasteiger partial charge >= 0.3 is 27.3 Å². The van der Waals surface area contributed by atoms with Crippen molar-refractivity contribution in [3.63, 3.8) is 0 Å². The molecule has 2 heteroatoms. The molecule has 2 radical (unpaired) electrons. The van der Waals surface area contributed by atoms with Crippen LogP contribution in [0, 0.1) is 0 Å². The fourth-order valence-corrected chi connectivity index (χ4v) is 0.428. The number of hydrogen-bond acceptors (Lipinski definition) is 1. The molecule has 0 aromatic heterocycles. The van der Waals surface area contributed by atoms with E-state index in [4.69, 9.17) is 5.11 Å². The molecule has 0 aliphatic heterocycles. The molecule has 8 heavy (non-hydrogen) atoms. The van der Waals surface area contributed by atoms with Gasteiger partial charge < -0.3 is 5.11 Å². The van der Waals surface area contributed by atoms with E-state index in [-0.39, 0.29) is 27.3 Å². The van der Waals surface area contributed by atoms with Gasteiger partial charge in [0.25, 0.3) is 0 Å². The van der Waals surface area contributed by atoms with Crippen LogP contribution in [0.1, 0.15) is 0 Å². The van der Waals surface area contributed by atoms with E-state index in [1.165, 1.54) is 0 Å². The molecule has 1 rings (SSSR count). The molecular weight excluding hydrogens is 295 g/mol. The number of hydrogen-bond donors (Lipinski definition) is 1. The summed E-state index contributed by atoms with van der Waals surface area (Å²) in [7, 11) is 0. The van der Waals surface area contributed by atoms with E-state index in [9.17, 15) is 0 Å². The normalized spacial score (nSPS) is 7.50. The van der Waals surface area contributed by atoms with Gasteiger partial charge in [-0.1, -0.05) is 18.2 Å². The molecule has 0 aliphatic rings. The molecule has 0 amide bonds. The molecule has 0 spiro atoms. The quantitative estimate of drug-likeness (QED) is 0.691. The Labute approximate surface area is 68.5 Å². The van der Waals surface area contributed by atoms with E-state index < -0.39 is 0 Å². The molecule has 42 valence electrons. The van der Waals surface area contributed by atoms with Crippen molar-refractivity contribution in [3.05, 3.63) is 30.3 Å². The van der Waals surface area contributed by atoms with Gasteiger partial charge in [-0.25, -0.2) is 0 Å². The van der Waals surface area contributed by atoms with E-state index in [2.05, 4.69) is 0 Å². The zero-order valence-electron chi connectivity index (χ0n) is 4.54. The average molecular weight is 303 g/mol. The van der Waals surface area contributed by atoms with Gasteiger partial charge in [0.15, 0.2) is 0 Å². The molecule has 1 aromatic carbocycles. The van der Waals surface area contributed by atoms with Crippen molar-refractivity contribution in [2.24, 2.45) is 0 Å². The van der Waals surface area contributed by atoms with Crippen LogP contribution in [-0.2, 0) is 0 Å². The summed E-state index contributed by atoms with van der Waals surface area (Å²) in [5.41, 5.74) is 0. The molecule has 0 heterocycles. The Kier molecular flexibility index (Phi) is 3.86.